The Hall–Kier alpha value is -3.06. The highest BCUT2D eigenvalue weighted by molar-refractivity contribution is 5.76. The summed E-state index contributed by atoms with van der Waals surface area (Å²) in [7, 11) is 3.94. The maximum absolute atomic E-state index is 13.0. The van der Waals surface area contributed by atoms with Gasteiger partial charge in [0, 0.05) is 24.9 Å². The molecule has 1 atom stereocenters. The van der Waals surface area contributed by atoms with E-state index in [-0.39, 0.29) is 24.2 Å². The van der Waals surface area contributed by atoms with Crippen LogP contribution in [0, 0.1) is 5.82 Å². The Bertz CT molecular complexity index is 894. The molecule has 0 bridgehead atoms. The van der Waals surface area contributed by atoms with Gasteiger partial charge < -0.3 is 14.7 Å². The van der Waals surface area contributed by atoms with Crippen molar-refractivity contribution in [2.45, 2.75) is 18.9 Å². The summed E-state index contributed by atoms with van der Waals surface area (Å²) >= 11 is 0. The predicted octanol–water partition coefficient (Wildman–Crippen LogP) is 3.23. The fourth-order valence-electron chi connectivity index (χ4n) is 2.84. The van der Waals surface area contributed by atoms with Gasteiger partial charge >= 0.3 is 0 Å². The molecule has 146 valence electrons. The number of amides is 1. The third-order valence-electron chi connectivity index (χ3n) is 4.22. The van der Waals surface area contributed by atoms with Gasteiger partial charge in [-0.1, -0.05) is 35.5 Å². The average Bonchev–Trinajstić information content (AvgIpc) is 3.16. The smallest absolute Gasteiger partial charge is 0.227 e. The molecule has 1 N–H and O–H groups in total. The normalized spacial score (nSPS) is 12.1. The summed E-state index contributed by atoms with van der Waals surface area (Å²) in [5.41, 5.74) is 1.72. The van der Waals surface area contributed by atoms with E-state index in [1.165, 1.54) is 12.1 Å². The number of nitrogens with one attached hydrogen (secondary N) is 1. The van der Waals surface area contributed by atoms with E-state index in [0.717, 1.165) is 5.56 Å². The molecule has 1 heterocycles. The van der Waals surface area contributed by atoms with Gasteiger partial charge in [0.25, 0.3) is 0 Å². The highest BCUT2D eigenvalue weighted by atomic mass is 19.1. The van der Waals surface area contributed by atoms with Crippen LogP contribution in [0.2, 0.25) is 0 Å². The molecule has 1 amide bonds. The standard InChI is InChI=1S/C21H23FN4O2/c1-26(2)14-18(15-6-4-3-5-7-15)23-19(27)12-13-20-24-21(25-28-20)16-8-10-17(22)11-9-16/h3-11,18H,12-14H2,1-2H3,(H,23,27)/t18-/m1/s1. The first-order chi connectivity index (χ1) is 13.5. The number of aryl methyl sites for hydroxylation is 1. The summed E-state index contributed by atoms with van der Waals surface area (Å²) in [6, 6.07) is 15.6. The summed E-state index contributed by atoms with van der Waals surface area (Å²) in [6.45, 7) is 0.699. The summed E-state index contributed by atoms with van der Waals surface area (Å²) in [5, 5.41) is 6.96. The van der Waals surface area contributed by atoms with Crippen molar-refractivity contribution in [2.75, 3.05) is 20.6 Å². The third kappa shape index (κ3) is 5.47. The van der Waals surface area contributed by atoms with Crippen LogP contribution in [0.1, 0.15) is 23.9 Å². The molecule has 28 heavy (non-hydrogen) atoms. The molecular weight excluding hydrogens is 359 g/mol. The predicted molar refractivity (Wildman–Crippen MR) is 104 cm³/mol. The SMILES string of the molecule is CN(C)C[C@@H](NC(=O)CCc1nc(-c2ccc(F)cc2)no1)c1ccccc1. The topological polar surface area (TPSA) is 71.3 Å². The lowest BCUT2D eigenvalue weighted by molar-refractivity contribution is -0.122. The number of benzene rings is 2. The summed E-state index contributed by atoms with van der Waals surface area (Å²) < 4.78 is 18.2. The molecule has 0 aliphatic heterocycles. The molecule has 0 aliphatic rings. The molecule has 3 aromatic rings. The van der Waals surface area contributed by atoms with Crippen LogP contribution < -0.4 is 5.32 Å². The van der Waals surface area contributed by atoms with Gasteiger partial charge in [-0.25, -0.2) is 4.39 Å². The Kier molecular flexibility index (Phi) is 6.49. The van der Waals surface area contributed by atoms with E-state index in [1.807, 2.05) is 49.3 Å². The lowest BCUT2D eigenvalue weighted by Gasteiger charge is -2.22. The molecule has 0 fully saturated rings. The minimum absolute atomic E-state index is 0.0859. The van der Waals surface area contributed by atoms with Crippen LogP contribution in [0.15, 0.2) is 59.1 Å². The fourth-order valence-corrected chi connectivity index (χ4v) is 2.84. The van der Waals surface area contributed by atoms with E-state index < -0.39 is 0 Å². The number of nitrogens with zero attached hydrogens (tertiary/aromatic N) is 3. The van der Waals surface area contributed by atoms with Crippen molar-refractivity contribution in [2.24, 2.45) is 0 Å². The Morgan fingerprint density at radius 2 is 1.86 bits per heavy atom. The third-order valence-corrected chi connectivity index (χ3v) is 4.22. The molecule has 0 saturated heterocycles. The van der Waals surface area contributed by atoms with Crippen molar-refractivity contribution >= 4 is 5.91 Å². The van der Waals surface area contributed by atoms with E-state index in [4.69, 9.17) is 4.52 Å². The number of likely N-dealkylation sites (N-methyl/N-ethyl adjacent to an activating group) is 1. The van der Waals surface area contributed by atoms with Crippen LogP contribution >= 0.6 is 0 Å². The van der Waals surface area contributed by atoms with Crippen molar-refractivity contribution in [3.8, 4) is 11.4 Å². The number of rotatable bonds is 8. The number of aromatic nitrogens is 2. The van der Waals surface area contributed by atoms with Gasteiger partial charge in [0.2, 0.25) is 17.6 Å². The van der Waals surface area contributed by atoms with E-state index in [1.54, 1.807) is 12.1 Å². The second-order valence-corrected chi connectivity index (χ2v) is 6.81. The highest BCUT2D eigenvalue weighted by Gasteiger charge is 2.16. The summed E-state index contributed by atoms with van der Waals surface area (Å²) in [6.07, 6.45) is 0.575. The first-order valence-electron chi connectivity index (χ1n) is 9.09. The van der Waals surface area contributed by atoms with Crippen molar-refractivity contribution < 1.29 is 13.7 Å². The molecule has 2 aromatic carbocycles. The Balaban J connectivity index is 1.58. The molecular formula is C21H23FN4O2. The zero-order valence-corrected chi connectivity index (χ0v) is 15.9. The van der Waals surface area contributed by atoms with Gasteiger partial charge in [-0.3, -0.25) is 4.79 Å². The quantitative estimate of drug-likeness (QED) is 0.648. The average molecular weight is 382 g/mol. The highest BCUT2D eigenvalue weighted by Crippen LogP contribution is 2.17. The summed E-state index contributed by atoms with van der Waals surface area (Å²) in [4.78, 5) is 18.7. The Morgan fingerprint density at radius 3 is 2.54 bits per heavy atom. The van der Waals surface area contributed by atoms with Crippen LogP contribution in [0.3, 0.4) is 0 Å². The van der Waals surface area contributed by atoms with E-state index in [9.17, 15) is 9.18 Å². The number of halogens is 1. The van der Waals surface area contributed by atoms with Crippen LogP contribution in [-0.2, 0) is 11.2 Å². The van der Waals surface area contributed by atoms with Crippen LogP contribution in [-0.4, -0.2) is 41.6 Å². The van der Waals surface area contributed by atoms with E-state index in [0.29, 0.717) is 30.2 Å². The largest absolute Gasteiger partial charge is 0.348 e. The Morgan fingerprint density at radius 1 is 1.14 bits per heavy atom. The molecule has 0 aliphatic carbocycles. The number of hydrogen-bond donors (Lipinski definition) is 1. The van der Waals surface area contributed by atoms with E-state index in [2.05, 4.69) is 15.5 Å². The van der Waals surface area contributed by atoms with Gasteiger partial charge in [-0.15, -0.1) is 0 Å². The summed E-state index contributed by atoms with van der Waals surface area (Å²) in [5.74, 6) is 0.343. The molecule has 0 radical (unpaired) electrons. The molecule has 1 aromatic heterocycles. The molecule has 0 spiro atoms. The van der Waals surface area contributed by atoms with Gasteiger partial charge in [-0.2, -0.15) is 4.98 Å². The molecule has 7 heteroatoms. The molecule has 0 saturated carbocycles. The minimum Gasteiger partial charge on any atom is -0.348 e. The van der Waals surface area contributed by atoms with Gasteiger partial charge in [0.1, 0.15) is 5.82 Å². The minimum atomic E-state index is -0.324. The van der Waals surface area contributed by atoms with Crippen molar-refractivity contribution in [1.82, 2.24) is 20.4 Å². The zero-order chi connectivity index (χ0) is 19.9. The maximum Gasteiger partial charge on any atom is 0.227 e. The van der Waals surface area contributed by atoms with Crippen LogP contribution in [0.25, 0.3) is 11.4 Å². The monoisotopic (exact) mass is 382 g/mol. The molecule has 6 nitrogen and oxygen atoms in total. The maximum atomic E-state index is 13.0. The second kappa shape index (κ2) is 9.23. The van der Waals surface area contributed by atoms with Gasteiger partial charge in [0.05, 0.1) is 6.04 Å². The van der Waals surface area contributed by atoms with Crippen molar-refractivity contribution in [3.63, 3.8) is 0 Å². The van der Waals surface area contributed by atoms with Gasteiger partial charge in [0.15, 0.2) is 0 Å². The first kappa shape index (κ1) is 19.7. The first-order valence-corrected chi connectivity index (χ1v) is 9.09. The Labute approximate surface area is 163 Å². The van der Waals surface area contributed by atoms with Crippen LogP contribution in [0.5, 0.6) is 0 Å². The van der Waals surface area contributed by atoms with Crippen molar-refractivity contribution in [1.29, 1.82) is 0 Å². The zero-order valence-electron chi connectivity index (χ0n) is 15.9. The fraction of sp³-hybridized carbons (Fsp3) is 0.286. The van der Waals surface area contributed by atoms with Crippen molar-refractivity contribution in [3.05, 3.63) is 71.9 Å². The molecule has 3 rings (SSSR count). The second-order valence-electron chi connectivity index (χ2n) is 6.81. The van der Waals surface area contributed by atoms with E-state index >= 15 is 0 Å². The van der Waals surface area contributed by atoms with Crippen LogP contribution in [0.4, 0.5) is 4.39 Å². The number of carbonyl (C=O) groups excluding carboxylic acids is 1. The molecule has 0 unspecified atom stereocenters. The van der Waals surface area contributed by atoms with Gasteiger partial charge in [-0.05, 0) is 43.9 Å². The lowest BCUT2D eigenvalue weighted by atomic mass is 10.1. The number of hydrogen-bond acceptors (Lipinski definition) is 5. The lowest BCUT2D eigenvalue weighted by Crippen LogP contribution is -2.35. The number of carbonyl (C=O) groups is 1.